The van der Waals surface area contributed by atoms with Gasteiger partial charge in [-0.05, 0) is 35.5 Å². The first kappa shape index (κ1) is 15.6. The molecule has 0 aliphatic carbocycles. The van der Waals surface area contributed by atoms with Gasteiger partial charge in [-0.3, -0.25) is 0 Å². The Morgan fingerprint density at radius 1 is 0.632 bits per heavy atom. The van der Waals surface area contributed by atoms with Crippen LogP contribution >= 0.6 is 56.5 Å². The van der Waals surface area contributed by atoms with Gasteiger partial charge in [0.05, 0.1) is 10.6 Å². The second kappa shape index (κ2) is 6.30. The molecule has 0 fully saturated rings. The van der Waals surface area contributed by atoms with Crippen LogP contribution in [0.2, 0.25) is 0 Å². The Balaban J connectivity index is 2.85. The van der Waals surface area contributed by atoms with Gasteiger partial charge in [0, 0.05) is 33.7 Å². The molecule has 100 valence electrons. The summed E-state index contributed by atoms with van der Waals surface area (Å²) in [6.45, 7) is 0. The molecule has 0 saturated heterocycles. The highest BCUT2D eigenvalue weighted by Gasteiger charge is 2.35. The molecule has 0 heterocycles. The van der Waals surface area contributed by atoms with E-state index in [1.165, 1.54) is 0 Å². The standard InChI is InChI=1S/C12H10Cl4NP2/c13-18(17-19(14,15)16,11-7-3-1-4-8-11)12-9-5-2-6-10-12/h1-10H/q+1. The van der Waals surface area contributed by atoms with Crippen molar-refractivity contribution in [3.8, 4) is 0 Å². The molecular weight excluding hydrogens is 362 g/mol. The maximum absolute atomic E-state index is 6.79. The molecule has 2 rings (SSSR count). The molecule has 0 aliphatic heterocycles. The fraction of sp³-hybridized carbons (Fsp3) is 0. The van der Waals surface area contributed by atoms with E-state index in [9.17, 15) is 0 Å². The van der Waals surface area contributed by atoms with Crippen molar-refractivity contribution in [1.29, 1.82) is 0 Å². The maximum Gasteiger partial charge on any atom is 0.476 e. The van der Waals surface area contributed by atoms with Gasteiger partial charge in [0.15, 0.2) is 0 Å². The lowest BCUT2D eigenvalue weighted by Crippen LogP contribution is -2.13. The van der Waals surface area contributed by atoms with E-state index in [-0.39, 0.29) is 0 Å². The minimum Gasteiger partial charge on any atom is -0.0994 e. The molecule has 0 aliphatic rings. The Hall–Kier alpha value is 0.170. The SMILES string of the molecule is ClP(Cl)(Cl)=[N+]=P(Cl)(c1ccccc1)c1ccccc1. The van der Waals surface area contributed by atoms with Crippen molar-refractivity contribution in [2.45, 2.75) is 0 Å². The zero-order valence-corrected chi connectivity index (χ0v) is 14.4. The molecule has 0 radical (unpaired) electrons. The van der Waals surface area contributed by atoms with Crippen LogP contribution in [0.25, 0.3) is 0 Å². The van der Waals surface area contributed by atoms with E-state index in [1.807, 2.05) is 60.7 Å². The zero-order chi connectivity index (χ0) is 13.9. The molecule has 2 aromatic carbocycles. The van der Waals surface area contributed by atoms with Crippen molar-refractivity contribution in [3.05, 3.63) is 60.7 Å². The first-order chi connectivity index (χ1) is 8.92. The molecule has 0 amide bonds. The highest BCUT2D eigenvalue weighted by atomic mass is 36.0. The van der Waals surface area contributed by atoms with Crippen LogP contribution < -0.4 is 14.8 Å². The summed E-state index contributed by atoms with van der Waals surface area (Å²) in [6, 6.07) is 19.1. The number of hydrogen-bond donors (Lipinski definition) is 0. The lowest BCUT2D eigenvalue weighted by atomic mass is 10.4. The Bertz CT molecular complexity index is 624. The fourth-order valence-corrected chi connectivity index (χ4v) is 10.3. The summed E-state index contributed by atoms with van der Waals surface area (Å²) in [4.78, 5) is 0. The van der Waals surface area contributed by atoms with E-state index in [4.69, 9.17) is 45.0 Å². The van der Waals surface area contributed by atoms with Gasteiger partial charge in [0.2, 0.25) is 0 Å². The smallest absolute Gasteiger partial charge is 0.0994 e. The molecule has 0 spiro atoms. The summed E-state index contributed by atoms with van der Waals surface area (Å²) in [5, 5.41) is -1.14. The molecule has 0 saturated carbocycles. The summed E-state index contributed by atoms with van der Waals surface area (Å²) >= 11 is 24.6. The minimum absolute atomic E-state index is 0.884. The van der Waals surface area contributed by atoms with E-state index in [2.05, 4.69) is 4.17 Å². The summed E-state index contributed by atoms with van der Waals surface area (Å²) in [5.74, 6) is 0. The second-order valence-corrected chi connectivity index (χ2v) is 14.9. The number of hydrogen-bond acceptors (Lipinski definition) is 0. The van der Waals surface area contributed by atoms with Crippen LogP contribution in [0.5, 0.6) is 0 Å². The lowest BCUT2D eigenvalue weighted by Gasteiger charge is -2.06. The van der Waals surface area contributed by atoms with E-state index < -0.39 is 11.5 Å². The van der Waals surface area contributed by atoms with Crippen molar-refractivity contribution in [2.75, 3.05) is 0 Å². The molecule has 0 atom stereocenters. The molecule has 7 heteroatoms. The zero-order valence-electron chi connectivity index (χ0n) is 9.63. The van der Waals surface area contributed by atoms with Crippen LogP contribution in [0, 0.1) is 0 Å². The topological polar surface area (TPSA) is 14.1 Å². The number of halogens is 4. The molecule has 0 aromatic heterocycles. The summed E-state index contributed by atoms with van der Waals surface area (Å²) in [6.07, 6.45) is -2.54. The molecule has 1 nitrogen and oxygen atoms in total. The van der Waals surface area contributed by atoms with E-state index >= 15 is 0 Å². The van der Waals surface area contributed by atoms with Gasteiger partial charge in [-0.15, -0.1) is 0 Å². The fourth-order valence-electron chi connectivity index (χ4n) is 1.64. The monoisotopic (exact) mass is 370 g/mol. The van der Waals surface area contributed by atoms with Crippen molar-refractivity contribution in [2.24, 2.45) is 0 Å². The second-order valence-electron chi connectivity index (χ2n) is 3.74. The molecular formula is C12H10Cl4NP2+. The number of benzene rings is 2. The highest BCUT2D eigenvalue weighted by molar-refractivity contribution is 8.27. The summed E-state index contributed by atoms with van der Waals surface area (Å²) in [7, 11) is 0. The third-order valence-corrected chi connectivity index (χ3v) is 9.79. The summed E-state index contributed by atoms with van der Waals surface area (Å²) in [5.41, 5.74) is 0. The quantitative estimate of drug-likeness (QED) is 0.473. The summed E-state index contributed by atoms with van der Waals surface area (Å²) < 4.78 is 4.37. The Kier molecular flexibility index (Phi) is 5.15. The van der Waals surface area contributed by atoms with Crippen LogP contribution in [0.15, 0.2) is 60.7 Å². The van der Waals surface area contributed by atoms with Gasteiger partial charge in [0.25, 0.3) is 0 Å². The largest absolute Gasteiger partial charge is 0.476 e. The van der Waals surface area contributed by atoms with Crippen LogP contribution in [0.4, 0.5) is 0 Å². The Morgan fingerprint density at radius 2 is 1.00 bits per heavy atom. The highest BCUT2D eigenvalue weighted by Crippen LogP contribution is 2.65. The van der Waals surface area contributed by atoms with Gasteiger partial charge >= 0.3 is 11.5 Å². The molecule has 0 N–H and O–H groups in total. The van der Waals surface area contributed by atoms with E-state index in [0.29, 0.717) is 0 Å². The van der Waals surface area contributed by atoms with Gasteiger partial charge in [-0.25, -0.2) is 0 Å². The van der Waals surface area contributed by atoms with Crippen molar-refractivity contribution in [1.82, 2.24) is 4.17 Å². The van der Waals surface area contributed by atoms with Gasteiger partial charge < -0.3 is 0 Å². The predicted molar refractivity (Wildman–Crippen MR) is 91.5 cm³/mol. The van der Waals surface area contributed by atoms with Gasteiger partial charge in [-0.2, -0.15) is 0 Å². The van der Waals surface area contributed by atoms with Gasteiger partial charge in [-0.1, -0.05) is 40.6 Å². The normalized spacial score (nSPS) is 12.0. The maximum atomic E-state index is 6.79. The molecule has 19 heavy (non-hydrogen) atoms. The first-order valence-electron chi connectivity index (χ1n) is 5.34. The first-order valence-corrected chi connectivity index (χ1v) is 12.4. The predicted octanol–water partition coefficient (Wildman–Crippen LogP) is 5.72. The third-order valence-electron chi connectivity index (χ3n) is 2.42. The Morgan fingerprint density at radius 3 is 1.32 bits per heavy atom. The van der Waals surface area contributed by atoms with Gasteiger partial charge in [0.1, 0.15) is 0 Å². The van der Waals surface area contributed by atoms with Crippen molar-refractivity contribution in [3.63, 3.8) is 0 Å². The average Bonchev–Trinajstić information content (AvgIpc) is 2.39. The van der Waals surface area contributed by atoms with Crippen molar-refractivity contribution >= 4 is 67.1 Å². The van der Waals surface area contributed by atoms with Crippen LogP contribution in [-0.4, -0.2) is 0 Å². The van der Waals surface area contributed by atoms with Crippen LogP contribution in [-0.2, 0) is 0 Å². The van der Waals surface area contributed by atoms with Crippen LogP contribution in [0.3, 0.4) is 0 Å². The van der Waals surface area contributed by atoms with Crippen molar-refractivity contribution < 1.29 is 0 Å². The minimum atomic E-state index is -2.91. The van der Waals surface area contributed by atoms with E-state index in [0.717, 1.165) is 10.6 Å². The molecule has 2 aromatic rings. The number of rotatable bonds is 2. The molecule has 0 unspecified atom stereocenters. The molecule has 0 bridgehead atoms. The Labute approximate surface area is 131 Å². The lowest BCUT2D eigenvalue weighted by molar-refractivity contribution is 1.73. The van der Waals surface area contributed by atoms with E-state index in [1.54, 1.807) is 0 Å². The average molecular weight is 372 g/mol. The number of nitrogens with zero attached hydrogens (tertiary/aromatic N) is 1. The third kappa shape index (κ3) is 4.07. The van der Waals surface area contributed by atoms with Crippen LogP contribution in [0.1, 0.15) is 0 Å².